The van der Waals surface area contributed by atoms with E-state index in [-0.39, 0.29) is 6.42 Å². The minimum absolute atomic E-state index is 0.244. The minimum atomic E-state index is -1.51. The Morgan fingerprint density at radius 2 is 2.00 bits per heavy atom. The summed E-state index contributed by atoms with van der Waals surface area (Å²) in [6.45, 7) is 1.75. The second-order valence-corrected chi connectivity index (χ2v) is 4.34. The van der Waals surface area contributed by atoms with Gasteiger partial charge in [0, 0.05) is 17.7 Å². The van der Waals surface area contributed by atoms with Gasteiger partial charge < -0.3 is 14.6 Å². The van der Waals surface area contributed by atoms with Gasteiger partial charge in [0.2, 0.25) is 0 Å². The number of ether oxygens (including phenoxy) is 2. The van der Waals surface area contributed by atoms with Crippen molar-refractivity contribution in [2.24, 2.45) is 5.10 Å². The molecular weight excluding hydrogens is 248 g/mol. The molecule has 2 rings (SSSR count). The van der Waals surface area contributed by atoms with E-state index in [0.29, 0.717) is 17.0 Å². The van der Waals surface area contributed by atoms with E-state index < -0.39 is 11.8 Å². The number of amides is 1. The van der Waals surface area contributed by atoms with Crippen LogP contribution in [0.3, 0.4) is 0 Å². The summed E-state index contributed by atoms with van der Waals surface area (Å²) in [6, 6.07) is 6.83. The highest BCUT2D eigenvalue weighted by Crippen LogP contribution is 2.36. The fourth-order valence-corrected chi connectivity index (χ4v) is 2.08. The Morgan fingerprint density at radius 1 is 1.37 bits per heavy atom. The molecule has 0 saturated carbocycles. The van der Waals surface area contributed by atoms with Crippen LogP contribution in [0.1, 0.15) is 18.9 Å². The molecule has 19 heavy (non-hydrogen) atoms. The van der Waals surface area contributed by atoms with E-state index >= 15 is 0 Å². The maximum atomic E-state index is 11.7. The van der Waals surface area contributed by atoms with Crippen molar-refractivity contribution in [1.82, 2.24) is 5.01 Å². The highest BCUT2D eigenvalue weighted by molar-refractivity contribution is 5.87. The van der Waals surface area contributed by atoms with Crippen molar-refractivity contribution in [3.05, 3.63) is 29.8 Å². The number of rotatable bonds is 2. The Morgan fingerprint density at radius 3 is 2.53 bits per heavy atom. The molecular formula is C13H16N2O4. The SMILES string of the molecule is COC(=O)N1N=C(C)C[C@@]1(O)c1ccc(OC)cc1. The summed E-state index contributed by atoms with van der Waals surface area (Å²) in [6.07, 6.45) is -0.454. The van der Waals surface area contributed by atoms with E-state index in [2.05, 4.69) is 9.84 Å². The number of carbonyl (C=O) groups excluding carboxylic acids is 1. The average molecular weight is 264 g/mol. The van der Waals surface area contributed by atoms with Crippen LogP contribution in [0.25, 0.3) is 0 Å². The van der Waals surface area contributed by atoms with Crippen LogP contribution in [0, 0.1) is 0 Å². The fraction of sp³-hybridized carbons (Fsp3) is 0.385. The van der Waals surface area contributed by atoms with Crippen LogP contribution in [-0.2, 0) is 10.5 Å². The lowest BCUT2D eigenvalue weighted by Crippen LogP contribution is -2.43. The second kappa shape index (κ2) is 4.89. The summed E-state index contributed by atoms with van der Waals surface area (Å²) < 4.78 is 9.71. The zero-order valence-electron chi connectivity index (χ0n) is 11.1. The predicted molar refractivity (Wildman–Crippen MR) is 68.9 cm³/mol. The van der Waals surface area contributed by atoms with E-state index in [1.54, 1.807) is 38.3 Å². The maximum Gasteiger partial charge on any atom is 0.433 e. The molecule has 1 atom stereocenters. The maximum absolute atomic E-state index is 11.7. The molecule has 0 aliphatic carbocycles. The molecule has 6 heteroatoms. The molecule has 1 aromatic carbocycles. The van der Waals surface area contributed by atoms with Gasteiger partial charge in [-0.05, 0) is 19.1 Å². The first-order valence-electron chi connectivity index (χ1n) is 5.80. The lowest BCUT2D eigenvalue weighted by molar-refractivity contribution is -0.0834. The first-order valence-corrected chi connectivity index (χ1v) is 5.80. The molecule has 1 aliphatic heterocycles. The van der Waals surface area contributed by atoms with Gasteiger partial charge in [0.15, 0.2) is 5.72 Å². The highest BCUT2D eigenvalue weighted by Gasteiger charge is 2.45. The third kappa shape index (κ3) is 2.26. The lowest BCUT2D eigenvalue weighted by atomic mass is 9.98. The molecule has 1 amide bonds. The summed E-state index contributed by atoms with van der Waals surface area (Å²) in [5.41, 5.74) is -0.299. The number of nitrogens with zero attached hydrogens (tertiary/aromatic N) is 2. The van der Waals surface area contributed by atoms with Crippen molar-refractivity contribution in [3.63, 3.8) is 0 Å². The predicted octanol–water partition coefficient (Wildman–Crippen LogP) is 1.69. The van der Waals surface area contributed by atoms with Gasteiger partial charge in [-0.1, -0.05) is 12.1 Å². The van der Waals surface area contributed by atoms with Gasteiger partial charge in [-0.3, -0.25) is 0 Å². The zero-order valence-corrected chi connectivity index (χ0v) is 11.1. The average Bonchev–Trinajstić information content (AvgIpc) is 2.74. The molecule has 0 bridgehead atoms. The van der Waals surface area contributed by atoms with Gasteiger partial charge in [0.1, 0.15) is 5.75 Å². The van der Waals surface area contributed by atoms with Gasteiger partial charge in [-0.2, -0.15) is 10.1 Å². The Kier molecular flexibility index (Phi) is 3.44. The summed E-state index contributed by atoms with van der Waals surface area (Å²) in [5.74, 6) is 0.674. The number of methoxy groups -OCH3 is 2. The Labute approximate surface area is 111 Å². The molecule has 1 aromatic rings. The Bertz CT molecular complexity index is 512. The molecule has 0 saturated heterocycles. The molecule has 0 fully saturated rings. The molecule has 0 radical (unpaired) electrons. The van der Waals surface area contributed by atoms with E-state index in [1.165, 1.54) is 7.11 Å². The van der Waals surface area contributed by atoms with Crippen LogP contribution in [-0.4, -0.2) is 36.1 Å². The van der Waals surface area contributed by atoms with E-state index in [1.807, 2.05) is 0 Å². The van der Waals surface area contributed by atoms with Gasteiger partial charge in [-0.25, -0.2) is 4.79 Å². The third-order valence-electron chi connectivity index (χ3n) is 3.02. The van der Waals surface area contributed by atoms with Crippen molar-refractivity contribution in [2.45, 2.75) is 19.1 Å². The van der Waals surface area contributed by atoms with Gasteiger partial charge in [0.05, 0.1) is 14.2 Å². The molecule has 1 N–H and O–H groups in total. The number of hydrazone groups is 1. The molecule has 1 heterocycles. The van der Waals surface area contributed by atoms with Crippen LogP contribution in [0.2, 0.25) is 0 Å². The molecule has 0 unspecified atom stereocenters. The largest absolute Gasteiger partial charge is 0.497 e. The minimum Gasteiger partial charge on any atom is -0.497 e. The topological polar surface area (TPSA) is 71.4 Å². The summed E-state index contributed by atoms with van der Waals surface area (Å²) >= 11 is 0. The molecule has 102 valence electrons. The zero-order chi connectivity index (χ0) is 14.0. The third-order valence-corrected chi connectivity index (χ3v) is 3.02. The Hall–Kier alpha value is -2.08. The molecule has 0 spiro atoms. The molecule has 0 aromatic heterocycles. The van der Waals surface area contributed by atoms with Crippen molar-refractivity contribution in [3.8, 4) is 5.75 Å². The van der Waals surface area contributed by atoms with Crippen LogP contribution in [0.15, 0.2) is 29.4 Å². The van der Waals surface area contributed by atoms with Crippen LogP contribution in [0.4, 0.5) is 4.79 Å². The summed E-state index contributed by atoms with van der Waals surface area (Å²) in [5, 5.41) is 15.7. The summed E-state index contributed by atoms with van der Waals surface area (Å²) in [7, 11) is 2.81. The van der Waals surface area contributed by atoms with Crippen molar-refractivity contribution >= 4 is 11.8 Å². The first-order chi connectivity index (χ1) is 9.01. The standard InChI is InChI=1S/C13H16N2O4/c1-9-8-13(17,15(14-9)12(16)19-3)10-4-6-11(18-2)7-5-10/h4-7,17H,8H2,1-3H3/t13-/m1/s1. The summed E-state index contributed by atoms with van der Waals surface area (Å²) in [4.78, 5) is 11.7. The number of hydrogen-bond donors (Lipinski definition) is 1. The van der Waals surface area contributed by atoms with Gasteiger partial charge in [0.25, 0.3) is 0 Å². The normalized spacial score (nSPS) is 22.1. The quantitative estimate of drug-likeness (QED) is 0.882. The van der Waals surface area contributed by atoms with Crippen LogP contribution < -0.4 is 4.74 Å². The number of benzene rings is 1. The van der Waals surface area contributed by atoms with Gasteiger partial charge >= 0.3 is 6.09 Å². The van der Waals surface area contributed by atoms with Crippen molar-refractivity contribution < 1.29 is 19.4 Å². The van der Waals surface area contributed by atoms with E-state index in [4.69, 9.17) is 4.74 Å². The Balaban J connectivity index is 2.37. The van der Waals surface area contributed by atoms with E-state index in [0.717, 1.165) is 5.01 Å². The molecule has 1 aliphatic rings. The highest BCUT2D eigenvalue weighted by atomic mass is 16.6. The molecule has 6 nitrogen and oxygen atoms in total. The number of carbonyl (C=O) groups is 1. The lowest BCUT2D eigenvalue weighted by Gasteiger charge is -2.30. The number of aliphatic hydroxyl groups is 1. The number of hydrogen-bond acceptors (Lipinski definition) is 5. The van der Waals surface area contributed by atoms with Crippen LogP contribution >= 0.6 is 0 Å². The van der Waals surface area contributed by atoms with Crippen molar-refractivity contribution in [2.75, 3.05) is 14.2 Å². The first kappa shape index (κ1) is 13.4. The smallest absolute Gasteiger partial charge is 0.433 e. The van der Waals surface area contributed by atoms with Crippen LogP contribution in [0.5, 0.6) is 5.75 Å². The fourth-order valence-electron chi connectivity index (χ4n) is 2.08. The van der Waals surface area contributed by atoms with E-state index in [9.17, 15) is 9.90 Å². The van der Waals surface area contributed by atoms with Gasteiger partial charge in [-0.15, -0.1) is 0 Å². The second-order valence-electron chi connectivity index (χ2n) is 4.34. The van der Waals surface area contributed by atoms with Crippen molar-refractivity contribution in [1.29, 1.82) is 0 Å². The monoisotopic (exact) mass is 264 g/mol.